The van der Waals surface area contributed by atoms with Gasteiger partial charge in [0.1, 0.15) is 0 Å². The van der Waals surface area contributed by atoms with Crippen LogP contribution in [-0.4, -0.2) is 43.7 Å². The Balaban J connectivity index is 2.05. The molecule has 0 aliphatic carbocycles. The second-order valence-electron chi connectivity index (χ2n) is 5.31. The molecule has 2 heterocycles. The highest BCUT2D eigenvalue weighted by molar-refractivity contribution is 5.22. The van der Waals surface area contributed by atoms with Crippen LogP contribution in [0.25, 0.3) is 0 Å². The summed E-state index contributed by atoms with van der Waals surface area (Å²) in [4.78, 5) is 6.77. The fourth-order valence-corrected chi connectivity index (χ4v) is 2.92. The number of ether oxygens (including phenoxy) is 1. The van der Waals surface area contributed by atoms with E-state index in [-0.39, 0.29) is 0 Å². The molecule has 1 aromatic rings. The second kappa shape index (κ2) is 6.87. The number of nitrogens with zero attached hydrogens (tertiary/aromatic N) is 2. The topological polar surface area (TPSA) is 37.4 Å². The molecule has 4 heteroatoms. The molecule has 1 aliphatic rings. The van der Waals surface area contributed by atoms with Crippen molar-refractivity contribution >= 4 is 0 Å². The summed E-state index contributed by atoms with van der Waals surface area (Å²) in [5.74, 6) is 1.36. The quantitative estimate of drug-likeness (QED) is 0.797. The van der Waals surface area contributed by atoms with Gasteiger partial charge in [-0.3, -0.25) is 4.90 Å². The molecule has 4 nitrogen and oxygen atoms in total. The van der Waals surface area contributed by atoms with Gasteiger partial charge in [-0.25, -0.2) is 4.98 Å². The number of hydrogen-bond acceptors (Lipinski definition) is 4. The first kappa shape index (κ1) is 14.3. The zero-order valence-electron chi connectivity index (χ0n) is 12.2. The van der Waals surface area contributed by atoms with Gasteiger partial charge in [-0.15, -0.1) is 0 Å². The summed E-state index contributed by atoms with van der Waals surface area (Å²) in [6.07, 6.45) is 4.40. The minimum atomic E-state index is 0.475. The van der Waals surface area contributed by atoms with Gasteiger partial charge in [0.05, 0.1) is 7.11 Å². The highest BCUT2D eigenvalue weighted by atomic mass is 16.5. The third-order valence-corrected chi connectivity index (χ3v) is 3.92. The number of aromatic nitrogens is 1. The summed E-state index contributed by atoms with van der Waals surface area (Å²) in [7, 11) is 3.86. The Bertz CT molecular complexity index is 379. The molecule has 0 spiro atoms. The third kappa shape index (κ3) is 3.45. The predicted molar refractivity (Wildman–Crippen MR) is 77.4 cm³/mol. The summed E-state index contributed by atoms with van der Waals surface area (Å²) in [6.45, 7) is 5.57. The molecule has 0 bridgehead atoms. The van der Waals surface area contributed by atoms with Gasteiger partial charge in [0, 0.05) is 18.3 Å². The molecule has 1 aromatic heterocycles. The van der Waals surface area contributed by atoms with E-state index in [1.54, 1.807) is 7.11 Å². The van der Waals surface area contributed by atoms with E-state index in [1.165, 1.54) is 18.4 Å². The molecule has 1 saturated heterocycles. The Hall–Kier alpha value is -1.13. The van der Waals surface area contributed by atoms with E-state index < -0.39 is 0 Å². The lowest BCUT2D eigenvalue weighted by Gasteiger charge is -2.25. The molecule has 106 valence electrons. The smallest absolute Gasteiger partial charge is 0.212 e. The average molecular weight is 263 g/mol. The number of hydrogen-bond donors (Lipinski definition) is 1. The minimum Gasteiger partial charge on any atom is -0.481 e. The van der Waals surface area contributed by atoms with Gasteiger partial charge < -0.3 is 10.1 Å². The van der Waals surface area contributed by atoms with E-state index in [4.69, 9.17) is 4.74 Å². The van der Waals surface area contributed by atoms with Crippen molar-refractivity contribution in [3.05, 3.63) is 23.9 Å². The van der Waals surface area contributed by atoms with Crippen LogP contribution < -0.4 is 10.1 Å². The van der Waals surface area contributed by atoms with Crippen molar-refractivity contribution in [1.29, 1.82) is 0 Å². The van der Waals surface area contributed by atoms with E-state index in [0.29, 0.717) is 17.8 Å². The van der Waals surface area contributed by atoms with E-state index in [1.807, 2.05) is 12.3 Å². The maximum Gasteiger partial charge on any atom is 0.212 e. The first-order valence-corrected chi connectivity index (χ1v) is 7.17. The molecule has 0 radical (unpaired) electrons. The molecule has 19 heavy (non-hydrogen) atoms. The van der Waals surface area contributed by atoms with Crippen molar-refractivity contribution in [3.63, 3.8) is 0 Å². The second-order valence-corrected chi connectivity index (χ2v) is 5.31. The summed E-state index contributed by atoms with van der Waals surface area (Å²) >= 11 is 0. The SMILES string of the molecule is CCCNCC1CCN(C)C1c1ccc(OC)nc1. The lowest BCUT2D eigenvalue weighted by molar-refractivity contribution is 0.271. The predicted octanol–water partition coefficient (Wildman–Crippen LogP) is 2.08. The number of nitrogens with one attached hydrogen (secondary N) is 1. The molecule has 1 N–H and O–H groups in total. The first-order valence-electron chi connectivity index (χ1n) is 7.17. The van der Waals surface area contributed by atoms with Crippen LogP contribution in [0, 0.1) is 5.92 Å². The van der Waals surface area contributed by atoms with Crippen molar-refractivity contribution in [3.8, 4) is 5.88 Å². The van der Waals surface area contributed by atoms with Crippen LogP contribution in [0.1, 0.15) is 31.4 Å². The summed E-state index contributed by atoms with van der Waals surface area (Å²) in [5, 5.41) is 3.55. The van der Waals surface area contributed by atoms with Gasteiger partial charge in [-0.05, 0) is 51.0 Å². The molecule has 2 rings (SSSR count). The van der Waals surface area contributed by atoms with Gasteiger partial charge in [0.2, 0.25) is 5.88 Å². The summed E-state index contributed by atoms with van der Waals surface area (Å²) in [6, 6.07) is 4.58. The van der Waals surface area contributed by atoms with Crippen LogP contribution in [0.4, 0.5) is 0 Å². The Kier molecular flexibility index (Phi) is 5.16. The fourth-order valence-electron chi connectivity index (χ4n) is 2.92. The molecule has 0 saturated carbocycles. The third-order valence-electron chi connectivity index (χ3n) is 3.92. The largest absolute Gasteiger partial charge is 0.481 e. The molecular formula is C15H25N3O. The summed E-state index contributed by atoms with van der Waals surface area (Å²) < 4.78 is 5.13. The molecule has 1 fully saturated rings. The van der Waals surface area contributed by atoms with Crippen LogP contribution in [0.15, 0.2) is 18.3 Å². The minimum absolute atomic E-state index is 0.475. The lowest BCUT2D eigenvalue weighted by Crippen LogP contribution is -2.29. The van der Waals surface area contributed by atoms with Gasteiger partial charge in [0.25, 0.3) is 0 Å². The first-order chi connectivity index (χ1) is 9.26. The number of likely N-dealkylation sites (tertiary alicyclic amines) is 1. The van der Waals surface area contributed by atoms with Crippen molar-refractivity contribution < 1.29 is 4.74 Å². The Morgan fingerprint density at radius 1 is 1.47 bits per heavy atom. The maximum absolute atomic E-state index is 5.13. The molecule has 1 aliphatic heterocycles. The normalized spacial score (nSPS) is 23.7. The van der Waals surface area contributed by atoms with Gasteiger partial charge in [-0.1, -0.05) is 13.0 Å². The van der Waals surface area contributed by atoms with E-state index >= 15 is 0 Å². The van der Waals surface area contributed by atoms with Crippen molar-refractivity contribution in [1.82, 2.24) is 15.2 Å². The van der Waals surface area contributed by atoms with E-state index in [9.17, 15) is 0 Å². The molecular weight excluding hydrogens is 238 g/mol. The van der Waals surface area contributed by atoms with Crippen molar-refractivity contribution in [2.24, 2.45) is 5.92 Å². The Labute approximate surface area is 116 Å². The zero-order valence-corrected chi connectivity index (χ0v) is 12.2. The van der Waals surface area contributed by atoms with E-state index in [2.05, 4.69) is 35.2 Å². The van der Waals surface area contributed by atoms with Gasteiger partial charge in [0.15, 0.2) is 0 Å². The van der Waals surface area contributed by atoms with Gasteiger partial charge in [-0.2, -0.15) is 0 Å². The average Bonchev–Trinajstić information content (AvgIpc) is 2.80. The lowest BCUT2D eigenvalue weighted by atomic mass is 9.95. The monoisotopic (exact) mass is 263 g/mol. The molecule has 2 atom stereocenters. The number of rotatable bonds is 6. The maximum atomic E-state index is 5.13. The van der Waals surface area contributed by atoms with Crippen LogP contribution in [0.5, 0.6) is 5.88 Å². The van der Waals surface area contributed by atoms with Crippen LogP contribution in [0.3, 0.4) is 0 Å². The molecule has 2 unspecified atom stereocenters. The Morgan fingerprint density at radius 2 is 2.32 bits per heavy atom. The number of pyridine rings is 1. The standard InChI is InChI=1S/C15H25N3O/c1-4-8-16-10-13-7-9-18(2)15(13)12-5-6-14(19-3)17-11-12/h5-6,11,13,15-16H,4,7-10H2,1-3H3. The zero-order chi connectivity index (χ0) is 13.7. The molecule has 0 amide bonds. The van der Waals surface area contributed by atoms with Crippen LogP contribution >= 0.6 is 0 Å². The molecule has 0 aromatic carbocycles. The fraction of sp³-hybridized carbons (Fsp3) is 0.667. The van der Waals surface area contributed by atoms with Crippen LogP contribution in [0.2, 0.25) is 0 Å². The van der Waals surface area contributed by atoms with Crippen molar-refractivity contribution in [2.75, 3.05) is 33.8 Å². The number of methoxy groups -OCH3 is 1. The highest BCUT2D eigenvalue weighted by Gasteiger charge is 2.32. The van der Waals surface area contributed by atoms with Crippen molar-refractivity contribution in [2.45, 2.75) is 25.8 Å². The Morgan fingerprint density at radius 3 is 2.95 bits per heavy atom. The summed E-state index contributed by atoms with van der Waals surface area (Å²) in [5.41, 5.74) is 1.30. The van der Waals surface area contributed by atoms with Gasteiger partial charge >= 0.3 is 0 Å². The highest BCUT2D eigenvalue weighted by Crippen LogP contribution is 2.35. The van der Waals surface area contributed by atoms with Crippen LogP contribution in [-0.2, 0) is 0 Å². The van der Waals surface area contributed by atoms with E-state index in [0.717, 1.165) is 19.6 Å².